The van der Waals surface area contributed by atoms with E-state index in [2.05, 4.69) is 5.32 Å². The summed E-state index contributed by atoms with van der Waals surface area (Å²) < 4.78 is 0. The Morgan fingerprint density at radius 2 is 1.93 bits per heavy atom. The summed E-state index contributed by atoms with van der Waals surface area (Å²) in [6.07, 6.45) is 2.21. The molecule has 0 aromatic carbocycles. The van der Waals surface area contributed by atoms with Crippen molar-refractivity contribution in [3.05, 3.63) is 11.3 Å². The van der Waals surface area contributed by atoms with Crippen LogP contribution < -0.4 is 5.32 Å². The molecule has 0 bridgehead atoms. The predicted octanol–water partition coefficient (Wildman–Crippen LogP) is 0.554. The standard InChI is InChI=1S/C11H17NO3/c1-2-8(12-6-7-13)11-9(14)4-3-5-10(11)15/h12-13H,2-7H2,1H3. The van der Waals surface area contributed by atoms with Gasteiger partial charge >= 0.3 is 0 Å². The quantitative estimate of drug-likeness (QED) is 0.526. The molecule has 0 aliphatic heterocycles. The molecule has 0 atom stereocenters. The van der Waals surface area contributed by atoms with Crippen LogP contribution in [0.4, 0.5) is 0 Å². The molecular formula is C11H17NO3. The molecule has 1 aliphatic carbocycles. The van der Waals surface area contributed by atoms with Gasteiger partial charge in [0.2, 0.25) is 0 Å². The van der Waals surface area contributed by atoms with Crippen LogP contribution in [0.2, 0.25) is 0 Å². The van der Waals surface area contributed by atoms with E-state index in [9.17, 15) is 9.59 Å². The minimum Gasteiger partial charge on any atom is -0.395 e. The van der Waals surface area contributed by atoms with Gasteiger partial charge in [0.15, 0.2) is 11.6 Å². The lowest BCUT2D eigenvalue weighted by molar-refractivity contribution is -0.123. The summed E-state index contributed by atoms with van der Waals surface area (Å²) in [4.78, 5) is 23.2. The Kier molecular flexibility index (Phi) is 4.49. The Labute approximate surface area is 89.4 Å². The highest BCUT2D eigenvalue weighted by molar-refractivity contribution is 6.22. The first-order valence-corrected chi connectivity index (χ1v) is 5.35. The first-order valence-electron chi connectivity index (χ1n) is 5.35. The summed E-state index contributed by atoms with van der Waals surface area (Å²) in [5.74, 6) is -0.123. The minimum atomic E-state index is -0.0615. The van der Waals surface area contributed by atoms with E-state index in [1.165, 1.54) is 0 Å². The van der Waals surface area contributed by atoms with Gasteiger partial charge in [-0.3, -0.25) is 9.59 Å². The predicted molar refractivity (Wildman–Crippen MR) is 56.3 cm³/mol. The van der Waals surface area contributed by atoms with Gasteiger partial charge in [0.25, 0.3) is 0 Å². The molecular weight excluding hydrogens is 194 g/mol. The number of carbonyl (C=O) groups excluding carboxylic acids is 2. The number of aliphatic hydroxyl groups excluding tert-OH is 1. The van der Waals surface area contributed by atoms with Gasteiger partial charge in [-0.05, 0) is 12.8 Å². The molecule has 0 saturated heterocycles. The molecule has 15 heavy (non-hydrogen) atoms. The maximum absolute atomic E-state index is 11.6. The van der Waals surface area contributed by atoms with Crippen LogP contribution in [0.15, 0.2) is 11.3 Å². The molecule has 0 radical (unpaired) electrons. The SMILES string of the molecule is CCC(NCCO)=C1C(=O)CCCC1=O. The van der Waals surface area contributed by atoms with E-state index in [0.29, 0.717) is 43.5 Å². The number of ketones is 2. The topological polar surface area (TPSA) is 66.4 Å². The molecule has 0 heterocycles. The summed E-state index contributed by atoms with van der Waals surface area (Å²) in [7, 11) is 0. The van der Waals surface area contributed by atoms with Crippen molar-refractivity contribution in [2.45, 2.75) is 32.6 Å². The van der Waals surface area contributed by atoms with E-state index in [0.717, 1.165) is 0 Å². The Morgan fingerprint density at radius 1 is 1.33 bits per heavy atom. The number of Topliss-reactive ketones (excluding diaryl/α,β-unsaturated/α-hetero) is 2. The largest absolute Gasteiger partial charge is 0.395 e. The normalized spacial score (nSPS) is 16.8. The molecule has 0 amide bonds. The zero-order chi connectivity index (χ0) is 11.3. The number of hydrogen-bond acceptors (Lipinski definition) is 4. The van der Waals surface area contributed by atoms with Gasteiger partial charge in [0.1, 0.15) is 0 Å². The van der Waals surface area contributed by atoms with Crippen molar-refractivity contribution in [1.29, 1.82) is 0 Å². The van der Waals surface area contributed by atoms with E-state index in [-0.39, 0.29) is 18.2 Å². The molecule has 0 unspecified atom stereocenters. The summed E-state index contributed by atoms with van der Waals surface area (Å²) in [5, 5.41) is 11.6. The summed E-state index contributed by atoms with van der Waals surface area (Å²) in [6, 6.07) is 0. The minimum absolute atomic E-state index is 0.000832. The number of aliphatic hydroxyl groups is 1. The van der Waals surface area contributed by atoms with Crippen LogP contribution in [0.1, 0.15) is 32.6 Å². The van der Waals surface area contributed by atoms with E-state index < -0.39 is 0 Å². The Hall–Kier alpha value is -1.16. The molecule has 0 spiro atoms. The summed E-state index contributed by atoms with van der Waals surface area (Å²) >= 11 is 0. The lowest BCUT2D eigenvalue weighted by Gasteiger charge is -2.17. The summed E-state index contributed by atoms with van der Waals surface area (Å²) in [6.45, 7) is 2.27. The fourth-order valence-corrected chi connectivity index (χ4v) is 1.75. The van der Waals surface area contributed by atoms with E-state index in [4.69, 9.17) is 5.11 Å². The second-order valence-electron chi connectivity index (χ2n) is 3.56. The lowest BCUT2D eigenvalue weighted by Crippen LogP contribution is -2.27. The zero-order valence-electron chi connectivity index (χ0n) is 9.01. The number of rotatable bonds is 4. The van der Waals surface area contributed by atoms with Gasteiger partial charge in [0, 0.05) is 25.1 Å². The highest BCUT2D eigenvalue weighted by Crippen LogP contribution is 2.20. The number of allylic oxidation sites excluding steroid dienone is 2. The molecule has 4 heteroatoms. The van der Waals surface area contributed by atoms with Gasteiger partial charge in [-0.2, -0.15) is 0 Å². The highest BCUT2D eigenvalue weighted by Gasteiger charge is 2.25. The van der Waals surface area contributed by atoms with Crippen molar-refractivity contribution < 1.29 is 14.7 Å². The fraction of sp³-hybridized carbons (Fsp3) is 0.636. The molecule has 1 aliphatic rings. The maximum atomic E-state index is 11.6. The van der Waals surface area contributed by atoms with Crippen LogP contribution in [0, 0.1) is 0 Å². The molecule has 1 rings (SSSR count). The van der Waals surface area contributed by atoms with Gasteiger partial charge < -0.3 is 10.4 Å². The second kappa shape index (κ2) is 5.66. The van der Waals surface area contributed by atoms with Gasteiger partial charge in [-0.25, -0.2) is 0 Å². The highest BCUT2D eigenvalue weighted by atomic mass is 16.3. The van der Waals surface area contributed by atoms with Crippen molar-refractivity contribution in [1.82, 2.24) is 5.32 Å². The Balaban J connectivity index is 2.88. The van der Waals surface area contributed by atoms with Crippen LogP contribution in [-0.4, -0.2) is 29.8 Å². The number of nitrogens with one attached hydrogen (secondary N) is 1. The van der Waals surface area contributed by atoms with Crippen LogP contribution in [0.3, 0.4) is 0 Å². The Morgan fingerprint density at radius 3 is 2.40 bits per heavy atom. The zero-order valence-corrected chi connectivity index (χ0v) is 9.01. The number of carbonyl (C=O) groups is 2. The lowest BCUT2D eigenvalue weighted by atomic mass is 9.90. The third-order valence-corrected chi connectivity index (χ3v) is 2.47. The van der Waals surface area contributed by atoms with Crippen LogP contribution >= 0.6 is 0 Å². The van der Waals surface area contributed by atoms with Crippen molar-refractivity contribution in [2.75, 3.05) is 13.2 Å². The van der Waals surface area contributed by atoms with Crippen molar-refractivity contribution in [3.8, 4) is 0 Å². The van der Waals surface area contributed by atoms with Crippen molar-refractivity contribution in [2.24, 2.45) is 0 Å². The van der Waals surface area contributed by atoms with Crippen LogP contribution in [0.25, 0.3) is 0 Å². The molecule has 0 aromatic heterocycles. The van der Waals surface area contributed by atoms with Crippen molar-refractivity contribution in [3.63, 3.8) is 0 Å². The molecule has 1 fully saturated rings. The maximum Gasteiger partial charge on any atom is 0.168 e. The van der Waals surface area contributed by atoms with Gasteiger partial charge in [-0.15, -0.1) is 0 Å². The molecule has 4 nitrogen and oxygen atoms in total. The first-order chi connectivity index (χ1) is 7.20. The van der Waals surface area contributed by atoms with Gasteiger partial charge in [-0.1, -0.05) is 6.92 Å². The molecule has 84 valence electrons. The van der Waals surface area contributed by atoms with E-state index in [1.807, 2.05) is 6.92 Å². The molecule has 2 N–H and O–H groups in total. The van der Waals surface area contributed by atoms with E-state index in [1.54, 1.807) is 0 Å². The van der Waals surface area contributed by atoms with Gasteiger partial charge in [0.05, 0.1) is 12.2 Å². The summed E-state index contributed by atoms with van der Waals surface area (Å²) in [5.41, 5.74) is 1.01. The van der Waals surface area contributed by atoms with Crippen molar-refractivity contribution >= 4 is 11.6 Å². The smallest absolute Gasteiger partial charge is 0.168 e. The molecule has 0 aromatic rings. The monoisotopic (exact) mass is 211 g/mol. The van der Waals surface area contributed by atoms with E-state index >= 15 is 0 Å². The average Bonchev–Trinajstić information content (AvgIpc) is 2.22. The molecule has 1 saturated carbocycles. The second-order valence-corrected chi connectivity index (χ2v) is 3.56. The van der Waals surface area contributed by atoms with Crippen LogP contribution in [0.5, 0.6) is 0 Å². The Bertz CT molecular complexity index is 276. The number of hydrogen-bond donors (Lipinski definition) is 2. The van der Waals surface area contributed by atoms with Crippen LogP contribution in [-0.2, 0) is 9.59 Å². The first kappa shape index (κ1) is 11.9. The third-order valence-electron chi connectivity index (χ3n) is 2.47. The fourth-order valence-electron chi connectivity index (χ4n) is 1.75. The third kappa shape index (κ3) is 2.89. The average molecular weight is 211 g/mol.